The highest BCUT2D eigenvalue weighted by molar-refractivity contribution is 7.48. The molecule has 5 aromatic rings. The van der Waals surface area contributed by atoms with E-state index < -0.39 is 80.6 Å². The Labute approximate surface area is 399 Å². The van der Waals surface area contributed by atoms with Crippen molar-refractivity contribution in [1.82, 2.24) is 10.6 Å². The van der Waals surface area contributed by atoms with E-state index in [4.69, 9.17) is 60.5 Å². The molecule has 0 unspecified atom stereocenters. The maximum absolute atomic E-state index is 14.0. The molecule has 8 rings (SSSR count). The van der Waals surface area contributed by atoms with Crippen LogP contribution in [0.5, 0.6) is 17.2 Å². The van der Waals surface area contributed by atoms with E-state index in [1.165, 1.54) is 36.4 Å². The van der Waals surface area contributed by atoms with Crippen LogP contribution in [0.1, 0.15) is 48.8 Å². The number of fused-ring (bicyclic) bond motifs is 3. The second-order valence-electron chi connectivity index (χ2n) is 16.0. The second-order valence-corrected chi connectivity index (χ2v) is 18.4. The minimum atomic E-state index is -4.14. The summed E-state index contributed by atoms with van der Waals surface area (Å²) in [7, 11) is -4.14. The Hall–Kier alpha value is -6.23. The Balaban J connectivity index is 0.924. The molecule has 20 heteroatoms. The number of nitrogens with one attached hydrogen (secondary N) is 2. The Morgan fingerprint density at radius 2 is 1.15 bits per heavy atom. The smallest absolute Gasteiger partial charge is 0.484 e. The van der Waals surface area contributed by atoms with E-state index in [9.17, 15) is 32.5 Å². The van der Waals surface area contributed by atoms with Crippen LogP contribution in [-0.2, 0) is 61.8 Å². The maximum Gasteiger partial charge on any atom is 0.530 e. The molecule has 5 aromatic carbocycles. The molecule has 2 bridgehead atoms. The Kier molecular flexibility index (Phi) is 16.6. The van der Waals surface area contributed by atoms with Crippen LogP contribution in [0.25, 0.3) is 0 Å². The van der Waals surface area contributed by atoms with Crippen molar-refractivity contribution in [3.05, 3.63) is 160 Å². The number of amides is 2. The van der Waals surface area contributed by atoms with E-state index in [2.05, 4.69) is 10.6 Å². The lowest BCUT2D eigenvalue weighted by molar-refractivity contribution is -0.156. The highest BCUT2D eigenvalue weighted by Gasteiger charge is 2.57. The number of phosphoric acid groups is 1. The quantitative estimate of drug-likeness (QED) is 0.0403. The topological polar surface area (TPSA) is 183 Å². The van der Waals surface area contributed by atoms with Gasteiger partial charge in [-0.2, -0.15) is 0 Å². The Morgan fingerprint density at radius 3 is 1.68 bits per heavy atom. The van der Waals surface area contributed by atoms with E-state index in [0.717, 1.165) is 23.3 Å². The molecule has 0 saturated heterocycles. The van der Waals surface area contributed by atoms with Gasteiger partial charge >= 0.3 is 19.9 Å². The summed E-state index contributed by atoms with van der Waals surface area (Å²) in [5, 5.41) is 5.66. The summed E-state index contributed by atoms with van der Waals surface area (Å²) >= 11 is 11.5. The van der Waals surface area contributed by atoms with Gasteiger partial charge in [-0.1, -0.05) is 96.0 Å². The number of phosphoric ester groups is 1. The molecular formula is C48H45Cl2F2N2O13P. The predicted molar refractivity (Wildman–Crippen MR) is 242 cm³/mol. The van der Waals surface area contributed by atoms with Crippen LogP contribution >= 0.6 is 31.0 Å². The van der Waals surface area contributed by atoms with Crippen molar-refractivity contribution in [3.8, 4) is 17.2 Å². The van der Waals surface area contributed by atoms with Gasteiger partial charge in [0.2, 0.25) is 6.79 Å². The van der Waals surface area contributed by atoms with E-state index >= 15 is 0 Å². The first-order chi connectivity index (χ1) is 32.7. The first-order valence-corrected chi connectivity index (χ1v) is 23.4. The van der Waals surface area contributed by atoms with Gasteiger partial charge in [0.1, 0.15) is 35.0 Å². The molecule has 358 valence electrons. The summed E-state index contributed by atoms with van der Waals surface area (Å²) in [6, 6.07) is 31.8. The van der Waals surface area contributed by atoms with Gasteiger partial charge in [0.15, 0.2) is 13.2 Å². The lowest BCUT2D eigenvalue weighted by Crippen LogP contribution is -2.71. The van der Waals surface area contributed by atoms with Gasteiger partial charge in [0.25, 0.3) is 11.8 Å². The van der Waals surface area contributed by atoms with Crippen molar-refractivity contribution in [1.29, 1.82) is 0 Å². The highest BCUT2D eigenvalue weighted by Crippen LogP contribution is 2.51. The van der Waals surface area contributed by atoms with Gasteiger partial charge in [-0.25, -0.2) is 18.1 Å². The number of ether oxygens (including phenoxy) is 5. The molecular weight excluding hydrogens is 952 g/mol. The molecule has 2 amide bonds. The first-order valence-electron chi connectivity index (χ1n) is 21.2. The zero-order valence-corrected chi connectivity index (χ0v) is 38.6. The van der Waals surface area contributed by atoms with Gasteiger partial charge in [0.05, 0.1) is 35.2 Å². The average molecular weight is 998 g/mol. The van der Waals surface area contributed by atoms with E-state index in [1.54, 1.807) is 12.1 Å². The molecule has 0 aliphatic heterocycles. The fourth-order valence-electron chi connectivity index (χ4n) is 7.72. The molecule has 0 aromatic heterocycles. The second kappa shape index (κ2) is 22.7. The number of hydrogen-bond acceptors (Lipinski definition) is 13. The summed E-state index contributed by atoms with van der Waals surface area (Å²) < 4.78 is 85.8. The van der Waals surface area contributed by atoms with Crippen LogP contribution in [-0.4, -0.2) is 61.1 Å². The molecule has 3 saturated carbocycles. The van der Waals surface area contributed by atoms with Crippen LogP contribution < -0.4 is 24.6 Å². The summed E-state index contributed by atoms with van der Waals surface area (Å²) in [6.07, 6.45) is -1.27. The maximum atomic E-state index is 14.0. The molecule has 3 aliphatic carbocycles. The largest absolute Gasteiger partial charge is 0.530 e. The lowest BCUT2D eigenvalue weighted by Gasteiger charge is -2.56. The lowest BCUT2D eigenvalue weighted by atomic mass is 9.59. The molecule has 3 aliphatic rings. The van der Waals surface area contributed by atoms with Crippen molar-refractivity contribution in [2.75, 3.05) is 20.0 Å². The zero-order valence-electron chi connectivity index (χ0n) is 36.2. The van der Waals surface area contributed by atoms with Gasteiger partial charge < -0.3 is 38.8 Å². The third-order valence-electron chi connectivity index (χ3n) is 11.2. The number of rotatable bonds is 21. The summed E-state index contributed by atoms with van der Waals surface area (Å²) in [6.45, 7) is -1.87. The number of benzene rings is 5. The van der Waals surface area contributed by atoms with Gasteiger partial charge in [-0.3, -0.25) is 23.4 Å². The molecule has 15 nitrogen and oxygen atoms in total. The van der Waals surface area contributed by atoms with Crippen LogP contribution in [0, 0.1) is 11.6 Å². The minimum absolute atomic E-state index is 0.0396. The van der Waals surface area contributed by atoms with Gasteiger partial charge in [0, 0.05) is 24.1 Å². The van der Waals surface area contributed by atoms with Crippen molar-refractivity contribution in [3.63, 3.8) is 0 Å². The van der Waals surface area contributed by atoms with Crippen LogP contribution in [0.4, 0.5) is 13.6 Å². The van der Waals surface area contributed by atoms with Crippen molar-refractivity contribution < 1.29 is 69.8 Å². The monoisotopic (exact) mass is 996 g/mol. The fourth-order valence-corrected chi connectivity index (χ4v) is 9.13. The van der Waals surface area contributed by atoms with E-state index in [-0.39, 0.29) is 66.2 Å². The van der Waals surface area contributed by atoms with E-state index in [1.807, 2.05) is 60.7 Å². The van der Waals surface area contributed by atoms with Gasteiger partial charge in [-0.15, -0.1) is 0 Å². The molecule has 0 radical (unpaired) electrons. The summed E-state index contributed by atoms with van der Waals surface area (Å²) in [5.74, 6) is -3.04. The normalized spacial score (nSPS) is 18.4. The van der Waals surface area contributed by atoms with Gasteiger partial charge in [-0.05, 0) is 78.8 Å². The van der Waals surface area contributed by atoms with E-state index in [0.29, 0.717) is 18.4 Å². The Morgan fingerprint density at radius 1 is 0.632 bits per heavy atom. The van der Waals surface area contributed by atoms with Crippen molar-refractivity contribution >= 4 is 55.0 Å². The van der Waals surface area contributed by atoms with Crippen molar-refractivity contribution in [2.45, 2.75) is 68.9 Å². The molecule has 0 spiro atoms. The number of esters is 1. The SMILES string of the molecule is O=C(COc1ccc(Cl)c(F)c1)NC12CCC(NC(=O)COc3ccc(Cl)c(F)c3)(CC1)[C@@H](OC(=O)OCOC(=O)Cc1ccc(OP(=O)(OCc3ccccc3)OCc3ccccc3)cc1)C2. The average Bonchev–Trinajstić information content (AvgIpc) is 3.33. The molecule has 3 fully saturated rings. The van der Waals surface area contributed by atoms with Crippen molar-refractivity contribution in [2.24, 2.45) is 0 Å². The number of carbonyl (C=O) groups is 4. The first kappa shape index (κ1) is 49.7. The molecule has 68 heavy (non-hydrogen) atoms. The number of hydrogen-bond donors (Lipinski definition) is 2. The number of carbonyl (C=O) groups excluding carboxylic acids is 4. The molecule has 0 heterocycles. The number of halogens is 4. The summed E-state index contributed by atoms with van der Waals surface area (Å²) in [5.41, 5.74) is -0.0311. The third-order valence-corrected chi connectivity index (χ3v) is 13.1. The highest BCUT2D eigenvalue weighted by atomic mass is 35.5. The van der Waals surface area contributed by atoms with Crippen LogP contribution in [0.15, 0.2) is 121 Å². The standard InChI is InChI=1S/C48H45Cl2F2N2O13P/c49-38-17-15-36(24-40(38)51)60-29-43(55)53-47-19-21-48(22-20-47,54-44(56)30-61-37-16-18-39(50)41(52)25-37)42(26-47)66-46(58)63-31-62-45(57)23-32-11-13-35(14-12-32)67-68(59,64-27-33-7-3-1-4-8-33)65-28-34-9-5-2-6-10-34/h1-18,24-25,42H,19-23,26-31H2,(H,53,55)(H,54,56)/t42-,47?,48?/m0/s1. The third kappa shape index (κ3) is 13.9. The zero-order chi connectivity index (χ0) is 48.2. The minimum Gasteiger partial charge on any atom is -0.484 e. The van der Waals surface area contributed by atoms with Crippen LogP contribution in [0.3, 0.4) is 0 Å². The Bertz CT molecular complexity index is 2560. The molecule has 2 N–H and O–H groups in total. The summed E-state index contributed by atoms with van der Waals surface area (Å²) in [4.78, 5) is 52.3. The molecule has 1 atom stereocenters. The van der Waals surface area contributed by atoms with Crippen LogP contribution in [0.2, 0.25) is 10.0 Å². The fraction of sp³-hybridized carbons (Fsp3) is 0.292. The predicted octanol–water partition coefficient (Wildman–Crippen LogP) is 9.60.